The highest BCUT2D eigenvalue weighted by atomic mass is 15.1. The van der Waals surface area contributed by atoms with Gasteiger partial charge in [0.05, 0.1) is 0 Å². The quantitative estimate of drug-likeness (QED) is 0.550. The summed E-state index contributed by atoms with van der Waals surface area (Å²) in [5.41, 5.74) is 4.71. The van der Waals surface area contributed by atoms with E-state index >= 15 is 0 Å². The molecular weight excluding hydrogens is 242 g/mol. The van der Waals surface area contributed by atoms with Crippen molar-refractivity contribution < 1.29 is 0 Å². The SMILES string of the molecule is CN1CCc2ccc3ccc4cccc5c4c3c2[C@H]1C5. The molecule has 1 aliphatic carbocycles. The molecule has 1 heterocycles. The Hall–Kier alpha value is -1.86. The third-order valence-electron chi connectivity index (χ3n) is 5.26. The summed E-state index contributed by atoms with van der Waals surface area (Å²) < 4.78 is 0. The fraction of sp³-hybridized carbons (Fsp3) is 0.263. The molecule has 1 aliphatic heterocycles. The monoisotopic (exact) mass is 259 g/mol. The number of benzene rings is 3. The van der Waals surface area contributed by atoms with Crippen molar-refractivity contribution in [3.05, 3.63) is 59.2 Å². The molecule has 1 heteroatoms. The first-order valence-corrected chi connectivity index (χ1v) is 7.49. The molecule has 0 fully saturated rings. The van der Waals surface area contributed by atoms with E-state index in [4.69, 9.17) is 0 Å². The second-order valence-electron chi connectivity index (χ2n) is 6.27. The smallest absolute Gasteiger partial charge is 0.0394 e. The summed E-state index contributed by atoms with van der Waals surface area (Å²) >= 11 is 0. The Kier molecular flexibility index (Phi) is 1.97. The summed E-state index contributed by atoms with van der Waals surface area (Å²) in [4.78, 5) is 2.54. The molecule has 0 saturated carbocycles. The number of hydrogen-bond donors (Lipinski definition) is 0. The summed E-state index contributed by atoms with van der Waals surface area (Å²) in [6.07, 6.45) is 2.35. The number of rotatable bonds is 0. The van der Waals surface area contributed by atoms with Crippen molar-refractivity contribution in [3.63, 3.8) is 0 Å². The van der Waals surface area contributed by atoms with Gasteiger partial charge in [0.15, 0.2) is 0 Å². The summed E-state index contributed by atoms with van der Waals surface area (Å²) in [6.45, 7) is 1.18. The van der Waals surface area contributed by atoms with Gasteiger partial charge in [-0.05, 0) is 58.1 Å². The Morgan fingerprint density at radius 3 is 2.60 bits per heavy atom. The van der Waals surface area contributed by atoms with Gasteiger partial charge >= 0.3 is 0 Å². The molecule has 0 aromatic heterocycles. The third kappa shape index (κ3) is 1.22. The zero-order chi connectivity index (χ0) is 13.3. The van der Waals surface area contributed by atoms with Crippen LogP contribution in [0.25, 0.3) is 21.5 Å². The molecule has 0 saturated heterocycles. The highest BCUT2D eigenvalue weighted by Gasteiger charge is 2.31. The lowest BCUT2D eigenvalue weighted by atomic mass is 9.78. The Bertz CT molecular complexity index is 862. The van der Waals surface area contributed by atoms with Crippen molar-refractivity contribution in [1.82, 2.24) is 4.90 Å². The van der Waals surface area contributed by atoms with E-state index in [0.29, 0.717) is 6.04 Å². The zero-order valence-electron chi connectivity index (χ0n) is 11.7. The maximum absolute atomic E-state index is 2.54. The summed E-state index contributed by atoms with van der Waals surface area (Å²) in [6, 6.07) is 16.6. The summed E-state index contributed by atoms with van der Waals surface area (Å²) in [5, 5.41) is 5.84. The molecule has 2 aliphatic rings. The maximum atomic E-state index is 2.54. The van der Waals surface area contributed by atoms with E-state index in [9.17, 15) is 0 Å². The van der Waals surface area contributed by atoms with Gasteiger partial charge in [0, 0.05) is 12.6 Å². The number of likely N-dealkylation sites (N-methyl/N-ethyl adjacent to an activating group) is 1. The van der Waals surface area contributed by atoms with Crippen molar-refractivity contribution in [2.75, 3.05) is 13.6 Å². The Balaban J connectivity index is 2.07. The van der Waals surface area contributed by atoms with Crippen LogP contribution in [0.2, 0.25) is 0 Å². The Morgan fingerprint density at radius 2 is 1.70 bits per heavy atom. The molecule has 3 aromatic carbocycles. The van der Waals surface area contributed by atoms with Crippen LogP contribution in [-0.2, 0) is 12.8 Å². The van der Waals surface area contributed by atoms with E-state index in [2.05, 4.69) is 54.4 Å². The third-order valence-corrected chi connectivity index (χ3v) is 5.26. The van der Waals surface area contributed by atoms with Gasteiger partial charge in [0.2, 0.25) is 0 Å². The molecule has 5 rings (SSSR count). The van der Waals surface area contributed by atoms with Crippen LogP contribution in [0.15, 0.2) is 42.5 Å². The minimum absolute atomic E-state index is 0.572. The van der Waals surface area contributed by atoms with E-state index in [0.717, 1.165) is 6.42 Å². The van der Waals surface area contributed by atoms with Gasteiger partial charge in [0.25, 0.3) is 0 Å². The average Bonchev–Trinajstić information content (AvgIpc) is 2.50. The summed E-state index contributed by atoms with van der Waals surface area (Å²) in [5.74, 6) is 0. The largest absolute Gasteiger partial charge is 0.299 e. The molecular formula is C19H17N. The first-order chi connectivity index (χ1) is 9.83. The second kappa shape index (κ2) is 3.62. The number of hydrogen-bond acceptors (Lipinski definition) is 1. The van der Waals surface area contributed by atoms with Gasteiger partial charge in [-0.3, -0.25) is 4.90 Å². The van der Waals surface area contributed by atoms with Crippen molar-refractivity contribution in [3.8, 4) is 0 Å². The van der Waals surface area contributed by atoms with Crippen LogP contribution in [0.5, 0.6) is 0 Å². The van der Waals surface area contributed by atoms with E-state index in [1.165, 1.54) is 40.1 Å². The van der Waals surface area contributed by atoms with Crippen LogP contribution in [0.1, 0.15) is 22.7 Å². The molecule has 98 valence electrons. The van der Waals surface area contributed by atoms with Crippen LogP contribution < -0.4 is 0 Å². The highest BCUT2D eigenvalue weighted by molar-refractivity contribution is 6.12. The molecule has 1 nitrogen and oxygen atoms in total. The minimum atomic E-state index is 0.572. The van der Waals surface area contributed by atoms with Crippen LogP contribution in [0, 0.1) is 0 Å². The highest BCUT2D eigenvalue weighted by Crippen LogP contribution is 2.44. The summed E-state index contributed by atoms with van der Waals surface area (Å²) in [7, 11) is 2.28. The molecule has 1 atom stereocenters. The Morgan fingerprint density at radius 1 is 0.900 bits per heavy atom. The molecule has 0 N–H and O–H groups in total. The van der Waals surface area contributed by atoms with Crippen LogP contribution in [-0.4, -0.2) is 18.5 Å². The van der Waals surface area contributed by atoms with Crippen molar-refractivity contribution in [2.45, 2.75) is 18.9 Å². The zero-order valence-corrected chi connectivity index (χ0v) is 11.7. The second-order valence-corrected chi connectivity index (χ2v) is 6.27. The average molecular weight is 259 g/mol. The normalized spacial score (nSPS) is 20.9. The van der Waals surface area contributed by atoms with E-state index in [-0.39, 0.29) is 0 Å². The van der Waals surface area contributed by atoms with Gasteiger partial charge in [0.1, 0.15) is 0 Å². The number of nitrogens with zero attached hydrogens (tertiary/aromatic N) is 1. The van der Waals surface area contributed by atoms with Crippen LogP contribution in [0.4, 0.5) is 0 Å². The Labute approximate surface area is 118 Å². The van der Waals surface area contributed by atoms with Gasteiger partial charge in [-0.25, -0.2) is 0 Å². The molecule has 0 spiro atoms. The lowest BCUT2D eigenvalue weighted by molar-refractivity contribution is 0.230. The topological polar surface area (TPSA) is 3.24 Å². The fourth-order valence-corrected chi connectivity index (χ4v) is 4.25. The van der Waals surface area contributed by atoms with Crippen LogP contribution in [0.3, 0.4) is 0 Å². The molecule has 3 aromatic rings. The van der Waals surface area contributed by atoms with Crippen molar-refractivity contribution >= 4 is 21.5 Å². The predicted molar refractivity (Wildman–Crippen MR) is 84.2 cm³/mol. The molecule has 0 radical (unpaired) electrons. The standard InChI is InChI=1S/C19H17N/c1-20-10-9-14-8-7-13-6-5-12-3-2-4-15-11-16(20)18(14)19(13)17(12)15/h2-8,16H,9-11H2,1H3/t16-/m1/s1. The van der Waals surface area contributed by atoms with E-state index in [1.54, 1.807) is 11.1 Å². The van der Waals surface area contributed by atoms with E-state index < -0.39 is 0 Å². The lowest BCUT2D eigenvalue weighted by Gasteiger charge is -2.38. The van der Waals surface area contributed by atoms with Crippen LogP contribution >= 0.6 is 0 Å². The van der Waals surface area contributed by atoms with E-state index in [1.807, 2.05) is 0 Å². The lowest BCUT2D eigenvalue weighted by Crippen LogP contribution is -2.34. The minimum Gasteiger partial charge on any atom is -0.299 e. The van der Waals surface area contributed by atoms with Gasteiger partial charge in [-0.2, -0.15) is 0 Å². The predicted octanol–water partition coefficient (Wildman–Crippen LogP) is 4.08. The molecule has 0 bridgehead atoms. The van der Waals surface area contributed by atoms with Gasteiger partial charge < -0.3 is 0 Å². The fourth-order valence-electron chi connectivity index (χ4n) is 4.25. The first-order valence-electron chi connectivity index (χ1n) is 7.49. The van der Waals surface area contributed by atoms with Gasteiger partial charge in [-0.15, -0.1) is 0 Å². The van der Waals surface area contributed by atoms with Gasteiger partial charge in [-0.1, -0.05) is 42.5 Å². The first kappa shape index (κ1) is 10.9. The van der Waals surface area contributed by atoms with Crippen molar-refractivity contribution in [2.24, 2.45) is 0 Å². The molecule has 20 heavy (non-hydrogen) atoms. The van der Waals surface area contributed by atoms with Crippen molar-refractivity contribution in [1.29, 1.82) is 0 Å². The maximum Gasteiger partial charge on any atom is 0.0394 e. The molecule has 0 unspecified atom stereocenters. The molecule has 0 amide bonds.